The summed E-state index contributed by atoms with van der Waals surface area (Å²) in [7, 11) is 1.72. The highest BCUT2D eigenvalue weighted by Gasteiger charge is 2.18. The van der Waals surface area contributed by atoms with Gasteiger partial charge in [-0.1, -0.05) is 36.4 Å². The van der Waals surface area contributed by atoms with Gasteiger partial charge in [0.2, 0.25) is 0 Å². The van der Waals surface area contributed by atoms with Gasteiger partial charge in [0.15, 0.2) is 0 Å². The van der Waals surface area contributed by atoms with Gasteiger partial charge in [0.05, 0.1) is 13.2 Å². The molecule has 2 atom stereocenters. The van der Waals surface area contributed by atoms with Crippen LogP contribution in [0.3, 0.4) is 0 Å². The van der Waals surface area contributed by atoms with Crippen molar-refractivity contribution in [2.45, 2.75) is 50.7 Å². The molecule has 0 amide bonds. The Morgan fingerprint density at radius 2 is 1.96 bits per heavy atom. The number of nitrogens with one attached hydrogen (secondary N) is 1. The summed E-state index contributed by atoms with van der Waals surface area (Å²) in [6.07, 6.45) is 5.92. The van der Waals surface area contributed by atoms with Crippen molar-refractivity contribution in [3.05, 3.63) is 65.2 Å². The van der Waals surface area contributed by atoms with Crippen LogP contribution < -0.4 is 10.1 Å². The van der Waals surface area contributed by atoms with E-state index >= 15 is 0 Å². The van der Waals surface area contributed by atoms with Gasteiger partial charge in [-0.3, -0.25) is 0 Å². The summed E-state index contributed by atoms with van der Waals surface area (Å²) in [6.45, 7) is 0.663. The second-order valence-electron chi connectivity index (χ2n) is 7.01. The number of ether oxygens (including phenoxy) is 1. The number of benzene rings is 2. The number of aliphatic hydroxyl groups excluding tert-OH is 1. The van der Waals surface area contributed by atoms with Crippen LogP contribution in [0, 0.1) is 0 Å². The van der Waals surface area contributed by atoms with E-state index in [2.05, 4.69) is 47.8 Å². The molecule has 2 aromatic carbocycles. The fraction of sp³-hybridized carbons (Fsp3) is 0.455. The van der Waals surface area contributed by atoms with Gasteiger partial charge in [-0.05, 0) is 67.3 Å². The van der Waals surface area contributed by atoms with E-state index in [0.29, 0.717) is 12.6 Å². The summed E-state index contributed by atoms with van der Waals surface area (Å²) in [6, 6.07) is 17.2. The quantitative estimate of drug-likeness (QED) is 0.720. The Morgan fingerprint density at radius 1 is 1.15 bits per heavy atom. The Labute approximate surface area is 163 Å². The van der Waals surface area contributed by atoms with Crippen LogP contribution in [0.25, 0.3) is 0 Å². The number of hydrogen-bond donors (Lipinski definition) is 2. The summed E-state index contributed by atoms with van der Waals surface area (Å²) in [4.78, 5) is 0. The van der Waals surface area contributed by atoms with Crippen molar-refractivity contribution in [1.29, 1.82) is 0 Å². The third-order valence-electron chi connectivity index (χ3n) is 5.13. The average Bonchev–Trinajstić information content (AvgIpc) is 2.86. The molecule has 2 unspecified atom stereocenters. The highest BCUT2D eigenvalue weighted by Crippen LogP contribution is 2.25. The first-order valence-corrected chi connectivity index (χ1v) is 9.36. The number of aryl methyl sites for hydroxylation is 2. The van der Waals surface area contributed by atoms with Gasteiger partial charge in [0, 0.05) is 12.6 Å². The Bertz CT molecular complexity index is 662. The van der Waals surface area contributed by atoms with E-state index in [1.807, 2.05) is 6.07 Å². The zero-order valence-electron chi connectivity index (χ0n) is 15.5. The number of rotatable bonds is 7. The predicted octanol–water partition coefficient (Wildman–Crippen LogP) is 3.95. The fourth-order valence-corrected chi connectivity index (χ4v) is 3.63. The van der Waals surface area contributed by atoms with E-state index in [0.717, 1.165) is 37.9 Å². The van der Waals surface area contributed by atoms with Gasteiger partial charge < -0.3 is 15.2 Å². The molecule has 4 heteroatoms. The van der Waals surface area contributed by atoms with Crippen molar-refractivity contribution in [3.8, 4) is 5.75 Å². The van der Waals surface area contributed by atoms with Crippen LogP contribution in [0.2, 0.25) is 0 Å². The summed E-state index contributed by atoms with van der Waals surface area (Å²) in [5, 5.41) is 13.9. The Morgan fingerprint density at radius 3 is 2.73 bits per heavy atom. The van der Waals surface area contributed by atoms with Crippen molar-refractivity contribution < 1.29 is 9.84 Å². The summed E-state index contributed by atoms with van der Waals surface area (Å²) in [5.74, 6) is 0.933. The Kier molecular flexibility index (Phi) is 8.43. The topological polar surface area (TPSA) is 41.5 Å². The molecule has 2 N–H and O–H groups in total. The molecule has 0 bridgehead atoms. The Hall–Kier alpha value is -1.55. The lowest BCUT2D eigenvalue weighted by Gasteiger charge is -2.20. The van der Waals surface area contributed by atoms with Crippen LogP contribution in [0.15, 0.2) is 48.5 Å². The number of hydrogen-bond acceptors (Lipinski definition) is 3. The molecule has 26 heavy (non-hydrogen) atoms. The van der Waals surface area contributed by atoms with Gasteiger partial charge in [-0.15, -0.1) is 12.4 Å². The van der Waals surface area contributed by atoms with E-state index in [9.17, 15) is 5.11 Å². The van der Waals surface area contributed by atoms with E-state index < -0.39 is 0 Å². The van der Waals surface area contributed by atoms with Gasteiger partial charge in [0.25, 0.3) is 0 Å². The molecule has 0 aromatic heterocycles. The first-order chi connectivity index (χ1) is 12.2. The molecule has 1 aliphatic rings. The van der Waals surface area contributed by atoms with Gasteiger partial charge in [-0.2, -0.15) is 0 Å². The molecule has 2 aromatic rings. The minimum absolute atomic E-state index is 0. The number of methoxy groups -OCH3 is 1. The number of fused-ring (bicyclic) bond motifs is 1. The van der Waals surface area contributed by atoms with Crippen molar-refractivity contribution >= 4 is 12.4 Å². The maximum Gasteiger partial charge on any atom is 0.119 e. The van der Waals surface area contributed by atoms with Gasteiger partial charge in [0.1, 0.15) is 5.75 Å². The van der Waals surface area contributed by atoms with Crippen molar-refractivity contribution in [2.75, 3.05) is 13.7 Å². The van der Waals surface area contributed by atoms with Crippen LogP contribution in [-0.4, -0.2) is 30.9 Å². The highest BCUT2D eigenvalue weighted by molar-refractivity contribution is 5.85. The molecule has 0 saturated heterocycles. The molecule has 0 aliphatic heterocycles. The Balaban J connectivity index is 0.00000243. The molecular weight excluding hydrogens is 346 g/mol. The molecule has 1 aliphatic carbocycles. The van der Waals surface area contributed by atoms with Crippen LogP contribution >= 0.6 is 12.4 Å². The van der Waals surface area contributed by atoms with Crippen LogP contribution in [0.4, 0.5) is 0 Å². The predicted molar refractivity (Wildman–Crippen MR) is 109 cm³/mol. The SMILES string of the molecule is COc1ccc2c(c1)CC(NCC(O)CCc1ccccc1)CCC2.Cl. The standard InChI is InChI=1S/C22H29NO2.ClH/c1-25-22-13-11-18-8-5-9-20(14-19(18)15-22)23-16-21(24)12-10-17-6-3-2-4-7-17;/h2-4,6-7,11,13,15,20-21,23-24H,5,8-10,12,14,16H2,1H3;1H. The monoisotopic (exact) mass is 375 g/mol. The minimum atomic E-state index is -0.298. The minimum Gasteiger partial charge on any atom is -0.497 e. The maximum absolute atomic E-state index is 10.3. The molecular formula is C22H30ClNO2. The first kappa shape index (κ1) is 20.8. The third kappa shape index (κ3) is 6.01. The van der Waals surface area contributed by atoms with Crippen LogP contribution in [-0.2, 0) is 19.3 Å². The van der Waals surface area contributed by atoms with Crippen molar-refractivity contribution in [1.82, 2.24) is 5.32 Å². The van der Waals surface area contributed by atoms with E-state index in [1.54, 1.807) is 7.11 Å². The van der Waals surface area contributed by atoms with Gasteiger partial charge in [-0.25, -0.2) is 0 Å². The second-order valence-corrected chi connectivity index (χ2v) is 7.01. The summed E-state index contributed by atoms with van der Waals surface area (Å²) < 4.78 is 5.37. The molecule has 0 spiro atoms. The van der Waals surface area contributed by atoms with Crippen LogP contribution in [0.1, 0.15) is 36.0 Å². The number of halogens is 1. The zero-order chi connectivity index (χ0) is 17.5. The fourth-order valence-electron chi connectivity index (χ4n) is 3.63. The molecule has 0 saturated carbocycles. The molecule has 0 radical (unpaired) electrons. The lowest BCUT2D eigenvalue weighted by atomic mass is 10.0. The lowest BCUT2D eigenvalue weighted by Crippen LogP contribution is -2.37. The van der Waals surface area contributed by atoms with E-state index in [1.165, 1.54) is 23.1 Å². The van der Waals surface area contributed by atoms with E-state index in [4.69, 9.17) is 4.74 Å². The summed E-state index contributed by atoms with van der Waals surface area (Å²) in [5.41, 5.74) is 4.11. The van der Waals surface area contributed by atoms with Crippen LogP contribution in [0.5, 0.6) is 5.75 Å². The average molecular weight is 376 g/mol. The molecule has 142 valence electrons. The molecule has 0 heterocycles. The van der Waals surface area contributed by atoms with Crippen molar-refractivity contribution in [2.24, 2.45) is 0 Å². The second kappa shape index (κ2) is 10.6. The van der Waals surface area contributed by atoms with E-state index in [-0.39, 0.29) is 18.5 Å². The molecule has 3 nitrogen and oxygen atoms in total. The maximum atomic E-state index is 10.3. The smallest absolute Gasteiger partial charge is 0.119 e. The normalized spacial score (nSPS) is 17.5. The summed E-state index contributed by atoms with van der Waals surface area (Å²) >= 11 is 0. The molecule has 0 fully saturated rings. The highest BCUT2D eigenvalue weighted by atomic mass is 35.5. The molecule has 3 rings (SSSR count). The lowest BCUT2D eigenvalue weighted by molar-refractivity contribution is 0.156. The largest absolute Gasteiger partial charge is 0.497 e. The van der Waals surface area contributed by atoms with Crippen molar-refractivity contribution in [3.63, 3.8) is 0 Å². The zero-order valence-corrected chi connectivity index (χ0v) is 16.3. The number of aliphatic hydroxyl groups is 1. The van der Waals surface area contributed by atoms with Gasteiger partial charge >= 0.3 is 0 Å². The first-order valence-electron chi connectivity index (χ1n) is 9.36. The third-order valence-corrected chi connectivity index (χ3v) is 5.13.